The number of nitrogens with zero attached hydrogens (tertiary/aromatic N) is 3. The molecule has 0 atom stereocenters. The van der Waals surface area contributed by atoms with Crippen molar-refractivity contribution in [1.29, 1.82) is 0 Å². The third-order valence-corrected chi connectivity index (χ3v) is 6.66. The summed E-state index contributed by atoms with van der Waals surface area (Å²) in [5.41, 5.74) is -0.0375. The lowest BCUT2D eigenvalue weighted by molar-refractivity contribution is -0.387. The fraction of sp³-hybridized carbons (Fsp3) is 0.118. The average molecular weight is 512 g/mol. The Labute approximate surface area is 183 Å². The Morgan fingerprint density at radius 3 is 2.67 bits per heavy atom. The maximum Gasteiger partial charge on any atom is 0.289 e. The first kappa shape index (κ1) is 21.8. The van der Waals surface area contributed by atoms with Gasteiger partial charge in [-0.1, -0.05) is 45.5 Å². The number of nitrogens with one attached hydrogen (secondary N) is 2. The highest BCUT2D eigenvalue weighted by Gasteiger charge is 2.26. The zero-order chi connectivity index (χ0) is 21.7. The molecule has 0 spiro atoms. The second-order valence-electron chi connectivity index (χ2n) is 5.85. The number of sulfonamides is 1. The predicted molar refractivity (Wildman–Crippen MR) is 114 cm³/mol. The molecule has 0 fully saturated rings. The molecule has 0 unspecified atom stereocenters. The van der Waals surface area contributed by atoms with Crippen LogP contribution in [0.1, 0.15) is 15.4 Å². The molecule has 0 aliphatic carbocycles. The number of benzene rings is 2. The minimum atomic E-state index is -4.21. The van der Waals surface area contributed by atoms with Gasteiger partial charge in [0.2, 0.25) is 5.13 Å². The number of carbonyl (C=O) groups is 1. The third kappa shape index (κ3) is 5.37. The van der Waals surface area contributed by atoms with Gasteiger partial charge in [0.1, 0.15) is 5.01 Å². The Kier molecular flexibility index (Phi) is 6.74. The Morgan fingerprint density at radius 2 is 1.93 bits per heavy atom. The van der Waals surface area contributed by atoms with Crippen LogP contribution in [0, 0.1) is 10.1 Å². The largest absolute Gasteiger partial charge is 0.352 e. The summed E-state index contributed by atoms with van der Waals surface area (Å²) in [5.74, 6) is -0.252. The van der Waals surface area contributed by atoms with Gasteiger partial charge in [-0.05, 0) is 24.3 Å². The second kappa shape index (κ2) is 9.28. The number of rotatable bonds is 8. The highest BCUT2D eigenvalue weighted by molar-refractivity contribution is 9.10. The van der Waals surface area contributed by atoms with Crippen LogP contribution in [0.3, 0.4) is 0 Å². The molecule has 3 aromatic rings. The van der Waals surface area contributed by atoms with Gasteiger partial charge in [0.05, 0.1) is 4.92 Å². The van der Waals surface area contributed by atoms with Crippen LogP contribution in [0.25, 0.3) is 0 Å². The molecule has 13 heteroatoms. The van der Waals surface area contributed by atoms with E-state index in [1.165, 1.54) is 12.1 Å². The van der Waals surface area contributed by atoms with Crippen LogP contribution in [0.5, 0.6) is 0 Å². The van der Waals surface area contributed by atoms with Crippen LogP contribution in [-0.2, 0) is 16.4 Å². The van der Waals surface area contributed by atoms with Crippen LogP contribution >= 0.6 is 27.3 Å². The van der Waals surface area contributed by atoms with Crippen molar-refractivity contribution in [3.05, 3.63) is 73.7 Å². The van der Waals surface area contributed by atoms with E-state index in [2.05, 4.69) is 36.2 Å². The lowest BCUT2D eigenvalue weighted by Gasteiger charge is -2.05. The Bertz CT molecular complexity index is 1200. The molecule has 0 aliphatic rings. The topological polar surface area (TPSA) is 144 Å². The number of hydrogen-bond acceptors (Lipinski definition) is 8. The first-order valence-electron chi connectivity index (χ1n) is 8.38. The molecule has 30 heavy (non-hydrogen) atoms. The number of hydrogen-bond donors (Lipinski definition) is 2. The van der Waals surface area contributed by atoms with Crippen molar-refractivity contribution >= 4 is 54.0 Å². The van der Waals surface area contributed by atoms with Crippen LogP contribution in [0.2, 0.25) is 0 Å². The van der Waals surface area contributed by atoms with Gasteiger partial charge in [-0.3, -0.25) is 19.6 Å². The number of anilines is 1. The van der Waals surface area contributed by atoms with E-state index in [0.717, 1.165) is 27.9 Å². The fourth-order valence-corrected chi connectivity index (χ4v) is 4.96. The predicted octanol–water partition coefficient (Wildman–Crippen LogP) is 2.98. The monoisotopic (exact) mass is 511 g/mol. The summed E-state index contributed by atoms with van der Waals surface area (Å²) in [6, 6.07) is 11.9. The van der Waals surface area contributed by atoms with Crippen LogP contribution in [0.4, 0.5) is 10.8 Å². The van der Waals surface area contributed by atoms with E-state index in [4.69, 9.17) is 0 Å². The molecular formula is C17H14BrN5O5S2. The number of aromatic nitrogens is 2. The molecule has 0 aliphatic heterocycles. The zero-order valence-electron chi connectivity index (χ0n) is 15.1. The van der Waals surface area contributed by atoms with E-state index in [9.17, 15) is 23.3 Å². The summed E-state index contributed by atoms with van der Waals surface area (Å²) in [6.07, 6.45) is 0.338. The third-order valence-electron chi connectivity index (χ3n) is 3.75. The molecule has 10 nitrogen and oxygen atoms in total. The van der Waals surface area contributed by atoms with E-state index >= 15 is 0 Å². The molecule has 2 aromatic carbocycles. The molecule has 2 N–H and O–H groups in total. The van der Waals surface area contributed by atoms with Crippen molar-refractivity contribution in [2.75, 3.05) is 11.3 Å². The highest BCUT2D eigenvalue weighted by Crippen LogP contribution is 2.26. The van der Waals surface area contributed by atoms with Gasteiger partial charge in [-0.2, -0.15) is 0 Å². The van der Waals surface area contributed by atoms with Gasteiger partial charge in [0.15, 0.2) is 4.90 Å². The summed E-state index contributed by atoms with van der Waals surface area (Å²) in [6.45, 7) is 0.275. The molecule has 0 saturated heterocycles. The number of halogens is 1. The molecular weight excluding hydrogens is 498 g/mol. The minimum absolute atomic E-state index is 0.0264. The lowest BCUT2D eigenvalue weighted by Crippen LogP contribution is -2.25. The van der Waals surface area contributed by atoms with Crippen molar-refractivity contribution in [2.24, 2.45) is 0 Å². The van der Waals surface area contributed by atoms with E-state index in [1.54, 1.807) is 18.2 Å². The summed E-state index contributed by atoms with van der Waals surface area (Å²) >= 11 is 4.28. The molecule has 0 saturated carbocycles. The Balaban J connectivity index is 1.61. The van der Waals surface area contributed by atoms with Crippen LogP contribution in [0.15, 0.2) is 57.9 Å². The summed E-state index contributed by atoms with van der Waals surface area (Å²) < 4.78 is 28.0. The standard InChI is InChI=1S/C17H14BrN5O5S2/c18-12-5-3-4-11(10-12)16(24)19-9-8-15-20-21-17(29-15)22-30(27,28)14-7-2-1-6-13(14)23(25)26/h1-7,10H,8-9H2,(H,19,24)(H,21,22). The van der Waals surface area contributed by atoms with Crippen LogP contribution < -0.4 is 10.0 Å². The minimum Gasteiger partial charge on any atom is -0.352 e. The number of amides is 1. The Morgan fingerprint density at radius 1 is 1.17 bits per heavy atom. The first-order valence-corrected chi connectivity index (χ1v) is 11.5. The van der Waals surface area contributed by atoms with Crippen molar-refractivity contribution in [3.8, 4) is 0 Å². The van der Waals surface area contributed by atoms with E-state index < -0.39 is 25.5 Å². The molecule has 3 rings (SSSR count). The normalized spacial score (nSPS) is 11.1. The zero-order valence-corrected chi connectivity index (χ0v) is 18.3. The molecule has 1 heterocycles. The average Bonchev–Trinajstić information content (AvgIpc) is 3.14. The first-order chi connectivity index (χ1) is 14.3. The molecule has 0 bridgehead atoms. The SMILES string of the molecule is O=C(NCCc1nnc(NS(=O)(=O)c2ccccc2[N+](=O)[O-])s1)c1cccc(Br)c1. The maximum absolute atomic E-state index is 12.5. The van der Waals surface area contributed by atoms with Gasteiger partial charge in [0, 0.05) is 29.1 Å². The second-order valence-corrected chi connectivity index (χ2v) is 9.48. The van der Waals surface area contributed by atoms with Gasteiger partial charge >= 0.3 is 0 Å². The van der Waals surface area contributed by atoms with E-state index in [0.29, 0.717) is 17.0 Å². The van der Waals surface area contributed by atoms with Gasteiger partial charge in [-0.15, -0.1) is 10.2 Å². The molecule has 0 radical (unpaired) electrons. The van der Waals surface area contributed by atoms with Crippen molar-refractivity contribution in [2.45, 2.75) is 11.3 Å². The molecule has 156 valence electrons. The van der Waals surface area contributed by atoms with Gasteiger partial charge in [-0.25, -0.2) is 8.42 Å². The molecule has 1 amide bonds. The van der Waals surface area contributed by atoms with E-state index in [-0.39, 0.29) is 17.6 Å². The van der Waals surface area contributed by atoms with Crippen molar-refractivity contribution < 1.29 is 18.1 Å². The lowest BCUT2D eigenvalue weighted by atomic mass is 10.2. The highest BCUT2D eigenvalue weighted by atomic mass is 79.9. The fourth-order valence-electron chi connectivity index (χ4n) is 2.42. The number of carbonyl (C=O) groups excluding carboxylic acids is 1. The van der Waals surface area contributed by atoms with Crippen molar-refractivity contribution in [3.63, 3.8) is 0 Å². The Hall–Kier alpha value is -2.90. The number of nitro groups is 1. The molecule has 1 aromatic heterocycles. The van der Waals surface area contributed by atoms with Crippen molar-refractivity contribution in [1.82, 2.24) is 15.5 Å². The number of nitro benzene ring substituents is 1. The number of para-hydroxylation sites is 1. The summed E-state index contributed by atoms with van der Waals surface area (Å²) in [5, 5.41) is 21.9. The van der Waals surface area contributed by atoms with Gasteiger partial charge < -0.3 is 5.32 Å². The maximum atomic E-state index is 12.5. The quantitative estimate of drug-likeness (QED) is 0.349. The summed E-state index contributed by atoms with van der Waals surface area (Å²) in [4.78, 5) is 21.9. The van der Waals surface area contributed by atoms with Crippen LogP contribution in [-0.4, -0.2) is 36.0 Å². The van der Waals surface area contributed by atoms with Gasteiger partial charge in [0.25, 0.3) is 21.6 Å². The van der Waals surface area contributed by atoms with E-state index in [1.807, 2.05) is 6.07 Å². The summed E-state index contributed by atoms with van der Waals surface area (Å²) in [7, 11) is -4.21. The smallest absolute Gasteiger partial charge is 0.289 e.